The molecule has 2 aliphatic rings. The van der Waals surface area contributed by atoms with Gasteiger partial charge >= 0.3 is 6.18 Å². The summed E-state index contributed by atoms with van der Waals surface area (Å²) in [6, 6.07) is 3.63. The SMILES string of the molecule is O=C(NCC(F)(F)F)C1(Nc2nc(C3CNc4ncccc43)ncc2F)CC1. The summed E-state index contributed by atoms with van der Waals surface area (Å²) < 4.78 is 51.2. The molecule has 2 aromatic heterocycles. The monoisotopic (exact) mass is 396 g/mol. The van der Waals surface area contributed by atoms with Crippen molar-refractivity contribution in [1.82, 2.24) is 20.3 Å². The molecule has 0 spiro atoms. The second-order valence-electron chi connectivity index (χ2n) is 6.80. The largest absolute Gasteiger partial charge is 0.405 e. The highest BCUT2D eigenvalue weighted by atomic mass is 19.4. The fourth-order valence-electron chi connectivity index (χ4n) is 3.13. The zero-order valence-corrected chi connectivity index (χ0v) is 14.5. The fourth-order valence-corrected chi connectivity index (χ4v) is 3.13. The summed E-state index contributed by atoms with van der Waals surface area (Å²) in [5, 5.41) is 7.63. The Labute approximate surface area is 157 Å². The summed E-state index contributed by atoms with van der Waals surface area (Å²) in [4.78, 5) is 24.6. The molecule has 0 aromatic carbocycles. The number of halogens is 4. The fraction of sp³-hybridized carbons (Fsp3) is 0.412. The molecule has 148 valence electrons. The predicted molar refractivity (Wildman–Crippen MR) is 91.2 cm³/mol. The Morgan fingerprint density at radius 1 is 1.32 bits per heavy atom. The molecule has 1 unspecified atom stereocenters. The van der Waals surface area contributed by atoms with Crippen LogP contribution in [0.1, 0.15) is 30.1 Å². The van der Waals surface area contributed by atoms with E-state index in [0.717, 1.165) is 11.8 Å². The standard InChI is InChI=1S/C17H16F4N6O/c18-11-7-24-13(10-6-23-12-9(10)2-1-5-22-12)26-14(11)27-16(3-4-16)15(28)25-8-17(19,20)21/h1-2,5,7,10H,3-4,6,8H2,(H,22,23)(H,25,28)(H,24,26,27). The van der Waals surface area contributed by atoms with E-state index in [2.05, 4.69) is 25.6 Å². The van der Waals surface area contributed by atoms with Crippen molar-refractivity contribution in [3.05, 3.63) is 41.7 Å². The highest BCUT2D eigenvalue weighted by Gasteiger charge is 2.51. The molecule has 1 aliphatic heterocycles. The minimum Gasteiger partial charge on any atom is -0.369 e. The van der Waals surface area contributed by atoms with E-state index in [4.69, 9.17) is 0 Å². The van der Waals surface area contributed by atoms with Gasteiger partial charge in [-0.2, -0.15) is 13.2 Å². The summed E-state index contributed by atoms with van der Waals surface area (Å²) in [7, 11) is 0. The van der Waals surface area contributed by atoms with Gasteiger partial charge in [0.2, 0.25) is 5.91 Å². The highest BCUT2D eigenvalue weighted by molar-refractivity contribution is 5.92. The zero-order chi connectivity index (χ0) is 19.9. The number of pyridine rings is 1. The van der Waals surface area contributed by atoms with Gasteiger partial charge in [0, 0.05) is 18.3 Å². The minimum absolute atomic E-state index is 0.206. The number of hydrogen-bond donors (Lipinski definition) is 3. The number of fused-ring (bicyclic) bond motifs is 1. The minimum atomic E-state index is -4.52. The molecule has 7 nitrogen and oxygen atoms in total. The first-order valence-electron chi connectivity index (χ1n) is 8.62. The van der Waals surface area contributed by atoms with Crippen molar-refractivity contribution in [1.29, 1.82) is 0 Å². The third kappa shape index (κ3) is 3.56. The Morgan fingerprint density at radius 3 is 2.82 bits per heavy atom. The molecular weight excluding hydrogens is 380 g/mol. The molecule has 1 amide bonds. The van der Waals surface area contributed by atoms with Gasteiger partial charge in [-0.1, -0.05) is 6.07 Å². The van der Waals surface area contributed by atoms with Crippen LogP contribution >= 0.6 is 0 Å². The van der Waals surface area contributed by atoms with Crippen LogP contribution in [0.15, 0.2) is 24.5 Å². The molecule has 0 bridgehead atoms. The number of nitrogens with zero attached hydrogens (tertiary/aromatic N) is 3. The van der Waals surface area contributed by atoms with Gasteiger partial charge in [0.05, 0.1) is 12.1 Å². The number of carbonyl (C=O) groups excluding carboxylic acids is 1. The average molecular weight is 396 g/mol. The van der Waals surface area contributed by atoms with Crippen molar-refractivity contribution in [3.8, 4) is 0 Å². The number of rotatable bonds is 5. The molecule has 1 aliphatic carbocycles. The molecule has 11 heteroatoms. The van der Waals surface area contributed by atoms with Crippen LogP contribution in [0.4, 0.5) is 29.2 Å². The summed E-state index contributed by atoms with van der Waals surface area (Å²) in [5.74, 6) is -1.05. The molecule has 4 rings (SSSR count). The van der Waals surface area contributed by atoms with Gasteiger partial charge in [-0.3, -0.25) is 4.79 Å². The number of nitrogens with one attached hydrogen (secondary N) is 3. The molecule has 3 N–H and O–H groups in total. The maximum atomic E-state index is 14.2. The van der Waals surface area contributed by atoms with Gasteiger partial charge < -0.3 is 16.0 Å². The molecule has 0 saturated heterocycles. The molecule has 3 heterocycles. The summed E-state index contributed by atoms with van der Waals surface area (Å²) in [6.07, 6.45) is -1.32. The quantitative estimate of drug-likeness (QED) is 0.672. The molecule has 1 atom stereocenters. The molecule has 1 fully saturated rings. The van der Waals surface area contributed by atoms with Crippen LogP contribution in [0, 0.1) is 5.82 Å². The second-order valence-corrected chi connectivity index (χ2v) is 6.80. The van der Waals surface area contributed by atoms with Crippen molar-refractivity contribution < 1.29 is 22.4 Å². The normalized spacial score (nSPS) is 19.5. The van der Waals surface area contributed by atoms with Crippen molar-refractivity contribution >= 4 is 17.5 Å². The summed E-state index contributed by atoms with van der Waals surface area (Å²) in [5.41, 5.74) is -0.422. The first-order chi connectivity index (χ1) is 13.3. The lowest BCUT2D eigenvalue weighted by Gasteiger charge is -2.19. The molecule has 1 saturated carbocycles. The average Bonchev–Trinajstić information content (AvgIpc) is 3.31. The third-order valence-electron chi connectivity index (χ3n) is 4.75. The zero-order valence-electron chi connectivity index (χ0n) is 14.5. The van der Waals surface area contributed by atoms with Crippen LogP contribution in [0.25, 0.3) is 0 Å². The third-order valence-corrected chi connectivity index (χ3v) is 4.75. The van der Waals surface area contributed by atoms with Gasteiger partial charge in [-0.15, -0.1) is 0 Å². The van der Waals surface area contributed by atoms with Crippen molar-refractivity contribution in [2.45, 2.75) is 30.5 Å². The van der Waals surface area contributed by atoms with Crippen molar-refractivity contribution in [2.24, 2.45) is 0 Å². The van der Waals surface area contributed by atoms with E-state index in [1.54, 1.807) is 12.3 Å². The van der Waals surface area contributed by atoms with Gasteiger partial charge in [0.25, 0.3) is 0 Å². The molecule has 0 radical (unpaired) electrons. The van der Waals surface area contributed by atoms with Crippen LogP contribution in [0.2, 0.25) is 0 Å². The topological polar surface area (TPSA) is 91.8 Å². The summed E-state index contributed by atoms with van der Waals surface area (Å²) in [6.45, 7) is -0.959. The smallest absolute Gasteiger partial charge is 0.369 e. The van der Waals surface area contributed by atoms with E-state index >= 15 is 0 Å². The predicted octanol–water partition coefficient (Wildman–Crippen LogP) is 2.19. The first kappa shape index (κ1) is 18.4. The number of carbonyl (C=O) groups is 1. The Morgan fingerprint density at radius 2 is 2.11 bits per heavy atom. The number of anilines is 2. The van der Waals surface area contributed by atoms with Crippen LogP contribution in [0.5, 0.6) is 0 Å². The van der Waals surface area contributed by atoms with Gasteiger partial charge in [-0.25, -0.2) is 19.3 Å². The lowest BCUT2D eigenvalue weighted by molar-refractivity contribution is -0.139. The van der Waals surface area contributed by atoms with Gasteiger partial charge in [-0.05, 0) is 18.9 Å². The van der Waals surface area contributed by atoms with Crippen molar-refractivity contribution in [2.75, 3.05) is 23.7 Å². The van der Waals surface area contributed by atoms with E-state index in [0.29, 0.717) is 18.2 Å². The van der Waals surface area contributed by atoms with E-state index < -0.39 is 30.0 Å². The Kier molecular flexibility index (Phi) is 4.31. The maximum Gasteiger partial charge on any atom is 0.405 e. The Bertz CT molecular complexity index is 915. The van der Waals surface area contributed by atoms with E-state index in [1.807, 2.05) is 11.4 Å². The van der Waals surface area contributed by atoms with E-state index in [1.165, 1.54) is 0 Å². The van der Waals surface area contributed by atoms with Crippen LogP contribution in [-0.2, 0) is 4.79 Å². The number of amides is 1. The Hall–Kier alpha value is -2.98. The second kappa shape index (κ2) is 6.57. The Balaban J connectivity index is 1.53. The number of aromatic nitrogens is 3. The number of alkyl halides is 3. The van der Waals surface area contributed by atoms with Crippen molar-refractivity contribution in [3.63, 3.8) is 0 Å². The summed E-state index contributed by atoms with van der Waals surface area (Å²) >= 11 is 0. The van der Waals surface area contributed by atoms with Gasteiger partial charge in [0.15, 0.2) is 11.6 Å². The molecular formula is C17H16F4N6O. The van der Waals surface area contributed by atoms with Gasteiger partial charge in [0.1, 0.15) is 23.7 Å². The number of hydrogen-bond acceptors (Lipinski definition) is 6. The van der Waals surface area contributed by atoms with Crippen LogP contribution in [-0.4, -0.2) is 45.7 Å². The highest BCUT2D eigenvalue weighted by Crippen LogP contribution is 2.40. The first-order valence-corrected chi connectivity index (χ1v) is 8.62. The van der Waals surface area contributed by atoms with E-state index in [-0.39, 0.29) is 24.6 Å². The molecule has 28 heavy (non-hydrogen) atoms. The van der Waals surface area contributed by atoms with Crippen LogP contribution < -0.4 is 16.0 Å². The van der Waals surface area contributed by atoms with E-state index in [9.17, 15) is 22.4 Å². The van der Waals surface area contributed by atoms with Crippen LogP contribution in [0.3, 0.4) is 0 Å². The molecule has 2 aromatic rings. The lowest BCUT2D eigenvalue weighted by Crippen LogP contribution is -2.45. The lowest BCUT2D eigenvalue weighted by atomic mass is 10.0. The maximum absolute atomic E-state index is 14.2.